The second-order valence-electron chi connectivity index (χ2n) is 3.81. The molecule has 18 heavy (non-hydrogen) atoms. The summed E-state index contributed by atoms with van der Waals surface area (Å²) in [5.41, 5.74) is 1.35. The number of anilines is 2. The molecule has 1 N–H and O–H groups in total. The molecule has 0 spiro atoms. The van der Waals surface area contributed by atoms with E-state index in [1.54, 1.807) is 18.3 Å². The van der Waals surface area contributed by atoms with Gasteiger partial charge in [-0.15, -0.1) is 0 Å². The second kappa shape index (κ2) is 5.35. The predicted molar refractivity (Wildman–Crippen MR) is 72.9 cm³/mol. The van der Waals surface area contributed by atoms with Crippen LogP contribution in [-0.2, 0) is 0 Å². The fourth-order valence-corrected chi connectivity index (χ4v) is 2.04. The summed E-state index contributed by atoms with van der Waals surface area (Å²) in [5, 5.41) is 2.93. The Hall–Kier alpha value is -1.62. The van der Waals surface area contributed by atoms with Gasteiger partial charge in [-0.25, -0.2) is 9.37 Å². The molecule has 3 nitrogen and oxygen atoms in total. The van der Waals surface area contributed by atoms with Crippen LogP contribution in [0, 0.1) is 12.7 Å². The summed E-state index contributed by atoms with van der Waals surface area (Å²) in [6, 6.07) is 6.41. The third-order valence-corrected chi connectivity index (χ3v) is 3.01. The number of aryl methyl sites for hydroxylation is 1. The topological polar surface area (TPSA) is 34.1 Å². The van der Waals surface area contributed by atoms with Crippen molar-refractivity contribution in [1.29, 1.82) is 0 Å². The first-order valence-electron chi connectivity index (χ1n) is 5.33. The molecule has 2 aromatic rings. The van der Waals surface area contributed by atoms with E-state index in [0.29, 0.717) is 17.3 Å². The van der Waals surface area contributed by atoms with E-state index in [0.717, 1.165) is 10.0 Å². The van der Waals surface area contributed by atoms with Gasteiger partial charge in [-0.1, -0.05) is 0 Å². The van der Waals surface area contributed by atoms with Gasteiger partial charge >= 0.3 is 0 Å². The highest BCUT2D eigenvalue weighted by Gasteiger charge is 2.07. The van der Waals surface area contributed by atoms with Crippen LogP contribution < -0.4 is 10.1 Å². The van der Waals surface area contributed by atoms with Gasteiger partial charge in [0.2, 0.25) is 0 Å². The molecular formula is C13H12BrFN2O. The molecule has 0 aliphatic rings. The maximum atomic E-state index is 13.6. The van der Waals surface area contributed by atoms with Crippen molar-refractivity contribution in [3.63, 3.8) is 0 Å². The predicted octanol–water partition coefficient (Wildman–Crippen LogP) is 4.04. The molecule has 0 aliphatic carbocycles. The monoisotopic (exact) mass is 310 g/mol. The fraction of sp³-hybridized carbons (Fsp3) is 0.154. The molecular weight excluding hydrogens is 299 g/mol. The van der Waals surface area contributed by atoms with E-state index in [9.17, 15) is 4.39 Å². The highest BCUT2D eigenvalue weighted by atomic mass is 79.9. The van der Waals surface area contributed by atoms with E-state index in [2.05, 4.69) is 26.2 Å². The number of methoxy groups -OCH3 is 1. The van der Waals surface area contributed by atoms with Crippen LogP contribution in [0.3, 0.4) is 0 Å². The molecule has 0 saturated carbocycles. The standard InChI is InChI=1S/C13H12BrFN2O/c1-8-5-10(14)13(16-7-8)17-12-6-9(18-2)3-4-11(12)15/h3-7H,1-2H3,(H,16,17). The number of pyridine rings is 1. The molecule has 0 amide bonds. The zero-order valence-corrected chi connectivity index (χ0v) is 11.6. The number of hydrogen-bond acceptors (Lipinski definition) is 3. The summed E-state index contributed by atoms with van der Waals surface area (Å²) in [6.07, 6.45) is 1.71. The molecule has 5 heteroatoms. The van der Waals surface area contributed by atoms with Crippen LogP contribution in [0.25, 0.3) is 0 Å². The van der Waals surface area contributed by atoms with Crippen molar-refractivity contribution in [3.05, 3.63) is 46.3 Å². The lowest BCUT2D eigenvalue weighted by molar-refractivity contribution is 0.414. The Morgan fingerprint density at radius 2 is 2.11 bits per heavy atom. The van der Waals surface area contributed by atoms with E-state index in [-0.39, 0.29) is 5.82 Å². The van der Waals surface area contributed by atoms with Crippen molar-refractivity contribution >= 4 is 27.4 Å². The normalized spacial score (nSPS) is 10.2. The molecule has 0 bridgehead atoms. The smallest absolute Gasteiger partial charge is 0.146 e. The van der Waals surface area contributed by atoms with E-state index in [1.807, 2.05) is 13.0 Å². The van der Waals surface area contributed by atoms with Crippen molar-refractivity contribution in [2.24, 2.45) is 0 Å². The zero-order chi connectivity index (χ0) is 13.1. The zero-order valence-electron chi connectivity index (χ0n) is 10.00. The second-order valence-corrected chi connectivity index (χ2v) is 4.67. The van der Waals surface area contributed by atoms with Crippen LogP contribution in [-0.4, -0.2) is 12.1 Å². The fourth-order valence-electron chi connectivity index (χ4n) is 1.48. The van der Waals surface area contributed by atoms with Gasteiger partial charge in [0, 0.05) is 12.3 Å². The van der Waals surface area contributed by atoms with Crippen molar-refractivity contribution in [1.82, 2.24) is 4.98 Å². The molecule has 1 aromatic carbocycles. The summed E-state index contributed by atoms with van der Waals surface area (Å²) < 4.78 is 19.5. The quantitative estimate of drug-likeness (QED) is 0.929. The first kappa shape index (κ1) is 12.8. The number of hydrogen-bond donors (Lipinski definition) is 1. The molecule has 0 saturated heterocycles. The van der Waals surface area contributed by atoms with Crippen LogP contribution in [0.4, 0.5) is 15.9 Å². The summed E-state index contributed by atoms with van der Waals surface area (Å²) >= 11 is 3.39. The largest absolute Gasteiger partial charge is 0.497 e. The lowest BCUT2D eigenvalue weighted by atomic mass is 10.2. The summed E-state index contributed by atoms with van der Waals surface area (Å²) in [6.45, 7) is 1.94. The minimum Gasteiger partial charge on any atom is -0.497 e. The van der Waals surface area contributed by atoms with Gasteiger partial charge in [-0.05, 0) is 46.6 Å². The molecule has 94 valence electrons. The van der Waals surface area contributed by atoms with Gasteiger partial charge in [0.05, 0.1) is 17.3 Å². The number of aromatic nitrogens is 1. The Labute approximate surface area is 113 Å². The number of ether oxygens (including phenoxy) is 1. The van der Waals surface area contributed by atoms with Gasteiger partial charge in [0.15, 0.2) is 0 Å². The highest BCUT2D eigenvalue weighted by Crippen LogP contribution is 2.28. The molecule has 1 heterocycles. The molecule has 0 aliphatic heterocycles. The molecule has 0 unspecified atom stereocenters. The average Bonchev–Trinajstić information content (AvgIpc) is 2.35. The Kier molecular flexibility index (Phi) is 3.81. The lowest BCUT2D eigenvalue weighted by Gasteiger charge is -2.10. The van der Waals surface area contributed by atoms with Crippen molar-refractivity contribution in [2.75, 3.05) is 12.4 Å². The Morgan fingerprint density at radius 1 is 1.33 bits per heavy atom. The number of benzene rings is 1. The molecule has 0 fully saturated rings. The Morgan fingerprint density at radius 3 is 2.78 bits per heavy atom. The third kappa shape index (κ3) is 2.79. The van der Waals surface area contributed by atoms with Crippen LogP contribution in [0.5, 0.6) is 5.75 Å². The number of nitrogens with zero attached hydrogens (tertiary/aromatic N) is 1. The maximum absolute atomic E-state index is 13.6. The van der Waals surface area contributed by atoms with Gasteiger partial charge < -0.3 is 10.1 Å². The molecule has 2 rings (SSSR count). The van der Waals surface area contributed by atoms with E-state index in [1.165, 1.54) is 13.2 Å². The Balaban J connectivity index is 2.33. The SMILES string of the molecule is COc1ccc(F)c(Nc2ncc(C)cc2Br)c1. The van der Waals surface area contributed by atoms with Crippen molar-refractivity contribution < 1.29 is 9.13 Å². The van der Waals surface area contributed by atoms with Gasteiger partial charge in [-0.2, -0.15) is 0 Å². The highest BCUT2D eigenvalue weighted by molar-refractivity contribution is 9.10. The van der Waals surface area contributed by atoms with Crippen LogP contribution in [0.15, 0.2) is 34.9 Å². The van der Waals surface area contributed by atoms with E-state index in [4.69, 9.17) is 4.74 Å². The maximum Gasteiger partial charge on any atom is 0.146 e. The van der Waals surface area contributed by atoms with E-state index < -0.39 is 0 Å². The lowest BCUT2D eigenvalue weighted by Crippen LogP contribution is -1.98. The minimum absolute atomic E-state index is 0.325. The van der Waals surface area contributed by atoms with Crippen molar-refractivity contribution in [2.45, 2.75) is 6.92 Å². The number of nitrogens with one attached hydrogen (secondary N) is 1. The number of rotatable bonds is 3. The van der Waals surface area contributed by atoms with Crippen LogP contribution in [0.2, 0.25) is 0 Å². The minimum atomic E-state index is -0.356. The van der Waals surface area contributed by atoms with Gasteiger partial charge in [0.1, 0.15) is 17.4 Å². The van der Waals surface area contributed by atoms with Crippen LogP contribution >= 0.6 is 15.9 Å². The van der Waals surface area contributed by atoms with E-state index >= 15 is 0 Å². The average molecular weight is 311 g/mol. The number of halogens is 2. The molecule has 0 radical (unpaired) electrons. The van der Waals surface area contributed by atoms with Crippen LogP contribution in [0.1, 0.15) is 5.56 Å². The first-order valence-corrected chi connectivity index (χ1v) is 6.12. The third-order valence-electron chi connectivity index (χ3n) is 2.40. The molecule has 0 atom stereocenters. The van der Waals surface area contributed by atoms with Crippen molar-refractivity contribution in [3.8, 4) is 5.75 Å². The summed E-state index contributed by atoms with van der Waals surface area (Å²) in [4.78, 5) is 4.20. The summed E-state index contributed by atoms with van der Waals surface area (Å²) in [7, 11) is 1.54. The molecule has 1 aromatic heterocycles. The summed E-state index contributed by atoms with van der Waals surface area (Å²) in [5.74, 6) is 0.792. The first-order chi connectivity index (χ1) is 8.60. The van der Waals surface area contributed by atoms with Gasteiger partial charge in [-0.3, -0.25) is 0 Å². The van der Waals surface area contributed by atoms with Gasteiger partial charge in [0.25, 0.3) is 0 Å². The Bertz CT molecular complexity index is 575.